The molecule has 1 aromatic carbocycles. The lowest BCUT2D eigenvalue weighted by atomic mass is 10.1. The van der Waals surface area contributed by atoms with Gasteiger partial charge in [-0.3, -0.25) is 9.48 Å². The van der Waals surface area contributed by atoms with Crippen LogP contribution >= 0.6 is 0 Å². The van der Waals surface area contributed by atoms with E-state index in [0.29, 0.717) is 22.9 Å². The SMILES string of the molecule is Cn1nc(C2CC2)cc1NC(=O)c1ccc(N2CCCC2)c(C#N)c1. The number of benzene rings is 1. The van der Waals surface area contributed by atoms with Gasteiger partial charge in [0.1, 0.15) is 11.9 Å². The zero-order valence-corrected chi connectivity index (χ0v) is 14.3. The van der Waals surface area contributed by atoms with Gasteiger partial charge in [-0.1, -0.05) is 0 Å². The van der Waals surface area contributed by atoms with Gasteiger partial charge in [-0.25, -0.2) is 0 Å². The number of nitrogens with one attached hydrogen (secondary N) is 1. The van der Waals surface area contributed by atoms with E-state index in [2.05, 4.69) is 21.4 Å². The molecule has 1 aromatic heterocycles. The molecule has 2 aliphatic rings. The van der Waals surface area contributed by atoms with Crippen LogP contribution < -0.4 is 10.2 Å². The Balaban J connectivity index is 1.54. The summed E-state index contributed by atoms with van der Waals surface area (Å²) < 4.78 is 1.70. The highest BCUT2D eigenvalue weighted by molar-refractivity contribution is 6.04. The summed E-state index contributed by atoms with van der Waals surface area (Å²) in [7, 11) is 1.83. The predicted octanol–water partition coefficient (Wildman–Crippen LogP) is 3.02. The van der Waals surface area contributed by atoms with Gasteiger partial charge in [0.15, 0.2) is 0 Å². The molecule has 1 amide bonds. The highest BCUT2D eigenvalue weighted by Gasteiger charge is 2.27. The van der Waals surface area contributed by atoms with Crippen LogP contribution in [-0.4, -0.2) is 28.8 Å². The zero-order valence-electron chi connectivity index (χ0n) is 14.3. The van der Waals surface area contributed by atoms with Crippen LogP contribution in [0.1, 0.15) is 53.2 Å². The molecule has 1 saturated carbocycles. The van der Waals surface area contributed by atoms with E-state index in [-0.39, 0.29) is 5.91 Å². The summed E-state index contributed by atoms with van der Waals surface area (Å²) >= 11 is 0. The van der Waals surface area contributed by atoms with Gasteiger partial charge in [0, 0.05) is 37.7 Å². The van der Waals surface area contributed by atoms with Crippen LogP contribution in [0, 0.1) is 11.3 Å². The largest absolute Gasteiger partial charge is 0.370 e. The lowest BCUT2D eigenvalue weighted by Crippen LogP contribution is -2.20. The van der Waals surface area contributed by atoms with Crippen LogP contribution in [-0.2, 0) is 7.05 Å². The number of aryl methyl sites for hydroxylation is 1. The Bertz CT molecular complexity index is 853. The fraction of sp³-hybridized carbons (Fsp3) is 0.421. The molecule has 25 heavy (non-hydrogen) atoms. The monoisotopic (exact) mass is 335 g/mol. The van der Waals surface area contributed by atoms with Crippen LogP contribution in [0.2, 0.25) is 0 Å². The number of nitrogens with zero attached hydrogens (tertiary/aromatic N) is 4. The number of hydrogen-bond acceptors (Lipinski definition) is 4. The first kappa shape index (κ1) is 15.7. The Hall–Kier alpha value is -2.81. The molecule has 0 unspecified atom stereocenters. The summed E-state index contributed by atoms with van der Waals surface area (Å²) in [6, 6.07) is 9.54. The molecule has 0 atom stereocenters. The molecule has 6 heteroatoms. The Kier molecular flexibility index (Phi) is 3.92. The summed E-state index contributed by atoms with van der Waals surface area (Å²) in [5.74, 6) is 1.02. The van der Waals surface area contributed by atoms with E-state index in [1.807, 2.05) is 19.2 Å². The van der Waals surface area contributed by atoms with Crippen molar-refractivity contribution in [3.8, 4) is 6.07 Å². The first-order chi connectivity index (χ1) is 12.2. The average Bonchev–Trinajstić information content (AvgIpc) is 3.21. The van der Waals surface area contributed by atoms with Crippen LogP contribution in [0.5, 0.6) is 0 Å². The number of anilines is 2. The first-order valence-corrected chi connectivity index (χ1v) is 8.80. The second-order valence-corrected chi connectivity index (χ2v) is 6.84. The highest BCUT2D eigenvalue weighted by Crippen LogP contribution is 2.40. The molecule has 0 spiro atoms. The molecular weight excluding hydrogens is 314 g/mol. The van der Waals surface area contributed by atoms with Gasteiger partial charge < -0.3 is 10.2 Å². The molecule has 1 aliphatic heterocycles. The van der Waals surface area contributed by atoms with Crippen molar-refractivity contribution >= 4 is 17.4 Å². The van der Waals surface area contributed by atoms with E-state index in [1.165, 1.54) is 12.8 Å². The average molecular weight is 335 g/mol. The molecule has 2 heterocycles. The van der Waals surface area contributed by atoms with Crippen molar-refractivity contribution in [3.05, 3.63) is 41.1 Å². The van der Waals surface area contributed by atoms with Crippen molar-refractivity contribution in [2.24, 2.45) is 7.05 Å². The molecule has 0 radical (unpaired) electrons. The maximum Gasteiger partial charge on any atom is 0.256 e. The highest BCUT2D eigenvalue weighted by atomic mass is 16.1. The number of rotatable bonds is 4. The second-order valence-electron chi connectivity index (χ2n) is 6.84. The van der Waals surface area contributed by atoms with E-state index >= 15 is 0 Å². The molecule has 128 valence electrons. The van der Waals surface area contributed by atoms with Gasteiger partial charge in [0.25, 0.3) is 5.91 Å². The number of amides is 1. The van der Waals surface area contributed by atoms with Gasteiger partial charge in [0.2, 0.25) is 0 Å². The summed E-state index contributed by atoms with van der Waals surface area (Å²) in [5, 5.41) is 16.8. The number of aromatic nitrogens is 2. The van der Waals surface area contributed by atoms with Gasteiger partial charge in [-0.15, -0.1) is 0 Å². The third-order valence-electron chi connectivity index (χ3n) is 4.96. The smallest absolute Gasteiger partial charge is 0.256 e. The number of carbonyl (C=O) groups excluding carboxylic acids is 1. The fourth-order valence-corrected chi connectivity index (χ4v) is 3.37. The summed E-state index contributed by atoms with van der Waals surface area (Å²) in [4.78, 5) is 14.8. The normalized spacial score (nSPS) is 16.7. The molecule has 0 bridgehead atoms. The van der Waals surface area contributed by atoms with Crippen LogP contribution in [0.4, 0.5) is 11.5 Å². The van der Waals surface area contributed by atoms with E-state index in [0.717, 1.165) is 37.3 Å². The number of carbonyl (C=O) groups is 1. The molecule has 4 rings (SSSR count). The van der Waals surface area contributed by atoms with Crippen molar-refractivity contribution in [1.29, 1.82) is 5.26 Å². The molecule has 1 aliphatic carbocycles. The van der Waals surface area contributed by atoms with E-state index in [9.17, 15) is 10.1 Å². The quantitative estimate of drug-likeness (QED) is 0.932. The molecule has 2 fully saturated rings. The summed E-state index contributed by atoms with van der Waals surface area (Å²) in [6.45, 7) is 1.94. The van der Waals surface area contributed by atoms with Gasteiger partial charge >= 0.3 is 0 Å². The van der Waals surface area contributed by atoms with Crippen LogP contribution in [0.25, 0.3) is 0 Å². The van der Waals surface area contributed by atoms with Crippen LogP contribution in [0.15, 0.2) is 24.3 Å². The van der Waals surface area contributed by atoms with Crippen molar-refractivity contribution in [2.45, 2.75) is 31.6 Å². The lowest BCUT2D eigenvalue weighted by molar-refractivity contribution is 0.102. The Morgan fingerprint density at radius 3 is 2.72 bits per heavy atom. The molecule has 1 N–H and O–H groups in total. The Morgan fingerprint density at radius 2 is 2.04 bits per heavy atom. The minimum atomic E-state index is -0.213. The molecular formula is C19H21N5O. The lowest BCUT2D eigenvalue weighted by Gasteiger charge is -2.19. The topological polar surface area (TPSA) is 74.0 Å². The summed E-state index contributed by atoms with van der Waals surface area (Å²) in [6.07, 6.45) is 4.65. The summed E-state index contributed by atoms with van der Waals surface area (Å²) in [5.41, 5.74) is 3.01. The van der Waals surface area contributed by atoms with Gasteiger partial charge in [-0.05, 0) is 43.9 Å². The maximum absolute atomic E-state index is 12.6. The maximum atomic E-state index is 12.6. The molecule has 2 aromatic rings. The van der Waals surface area contributed by atoms with Gasteiger partial charge in [-0.2, -0.15) is 10.4 Å². The third-order valence-corrected chi connectivity index (χ3v) is 4.96. The van der Waals surface area contributed by atoms with Gasteiger partial charge in [0.05, 0.1) is 16.9 Å². The Morgan fingerprint density at radius 1 is 1.28 bits per heavy atom. The minimum Gasteiger partial charge on any atom is -0.370 e. The fourth-order valence-electron chi connectivity index (χ4n) is 3.37. The predicted molar refractivity (Wildman–Crippen MR) is 95.7 cm³/mol. The van der Waals surface area contributed by atoms with E-state index in [4.69, 9.17) is 0 Å². The van der Waals surface area contributed by atoms with E-state index in [1.54, 1.807) is 16.8 Å². The van der Waals surface area contributed by atoms with Crippen molar-refractivity contribution in [2.75, 3.05) is 23.3 Å². The number of nitriles is 1. The molecule has 6 nitrogen and oxygen atoms in total. The molecule has 1 saturated heterocycles. The van der Waals surface area contributed by atoms with Crippen molar-refractivity contribution in [3.63, 3.8) is 0 Å². The van der Waals surface area contributed by atoms with Crippen molar-refractivity contribution in [1.82, 2.24) is 9.78 Å². The van der Waals surface area contributed by atoms with Crippen molar-refractivity contribution < 1.29 is 4.79 Å². The second kappa shape index (κ2) is 6.25. The van der Waals surface area contributed by atoms with E-state index < -0.39 is 0 Å². The Labute approximate surface area is 147 Å². The van der Waals surface area contributed by atoms with Crippen LogP contribution in [0.3, 0.4) is 0 Å². The first-order valence-electron chi connectivity index (χ1n) is 8.80. The number of hydrogen-bond donors (Lipinski definition) is 1. The zero-order chi connectivity index (χ0) is 17.4. The third kappa shape index (κ3) is 3.10. The minimum absolute atomic E-state index is 0.213. The standard InChI is InChI=1S/C19H21N5O/c1-23-18(11-16(22-23)13-4-5-13)21-19(25)14-6-7-17(15(10-14)12-20)24-8-2-3-9-24/h6-7,10-11,13H,2-5,8-9H2,1H3,(H,21,25).